The van der Waals surface area contributed by atoms with E-state index in [-0.39, 0.29) is 0 Å². The van der Waals surface area contributed by atoms with Crippen LogP contribution in [0.3, 0.4) is 0 Å². The first-order chi connectivity index (χ1) is 6.86. The molecule has 14 heavy (non-hydrogen) atoms. The summed E-state index contributed by atoms with van der Waals surface area (Å²) in [4.78, 5) is 0. The first-order valence-corrected chi connectivity index (χ1v) is 4.97. The van der Waals surface area contributed by atoms with Gasteiger partial charge in [0.1, 0.15) is 5.76 Å². The summed E-state index contributed by atoms with van der Waals surface area (Å²) < 4.78 is 5.23. The Morgan fingerprint density at radius 2 is 2.43 bits per heavy atom. The van der Waals surface area contributed by atoms with E-state index in [0.29, 0.717) is 0 Å². The average molecular weight is 192 g/mol. The minimum Gasteiger partial charge on any atom is -0.468 e. The van der Waals surface area contributed by atoms with Crippen molar-refractivity contribution in [2.75, 3.05) is 19.6 Å². The molecule has 1 aliphatic heterocycles. The highest BCUT2D eigenvalue weighted by atomic mass is 16.3. The maximum Gasteiger partial charge on any atom is 0.117 e. The van der Waals surface area contributed by atoms with Crippen molar-refractivity contribution in [3.63, 3.8) is 0 Å². The summed E-state index contributed by atoms with van der Waals surface area (Å²) in [6.07, 6.45) is 1.71. The molecular formula is C11H16N2O. The van der Waals surface area contributed by atoms with Crippen molar-refractivity contribution in [1.29, 1.82) is 0 Å². The van der Waals surface area contributed by atoms with Gasteiger partial charge in [0.15, 0.2) is 0 Å². The fourth-order valence-corrected chi connectivity index (χ4v) is 1.46. The van der Waals surface area contributed by atoms with E-state index in [4.69, 9.17) is 4.42 Å². The molecule has 0 atom stereocenters. The van der Waals surface area contributed by atoms with Crippen LogP contribution in [-0.4, -0.2) is 19.6 Å². The quantitative estimate of drug-likeness (QED) is 0.706. The minimum atomic E-state index is 0.811. The molecular weight excluding hydrogens is 176 g/mol. The molecule has 3 nitrogen and oxygen atoms in total. The van der Waals surface area contributed by atoms with E-state index in [2.05, 4.69) is 17.6 Å². The molecule has 1 saturated heterocycles. The zero-order chi connectivity index (χ0) is 9.80. The maximum atomic E-state index is 5.23. The van der Waals surface area contributed by atoms with E-state index in [9.17, 15) is 0 Å². The van der Waals surface area contributed by atoms with Crippen LogP contribution in [0.15, 0.2) is 34.0 Å². The number of nitrogens with one attached hydrogen (secondary N) is 2. The summed E-state index contributed by atoms with van der Waals surface area (Å²) in [7, 11) is 0. The number of furan rings is 1. The molecule has 2 rings (SSSR count). The molecule has 1 fully saturated rings. The summed E-state index contributed by atoms with van der Waals surface area (Å²) in [6.45, 7) is 6.08. The molecule has 0 spiro atoms. The molecule has 0 aliphatic carbocycles. The van der Waals surface area contributed by atoms with Gasteiger partial charge in [-0.1, -0.05) is 5.57 Å². The van der Waals surface area contributed by atoms with E-state index < -0.39 is 0 Å². The van der Waals surface area contributed by atoms with Crippen LogP contribution in [0.5, 0.6) is 0 Å². The van der Waals surface area contributed by atoms with Crippen LogP contribution in [0, 0.1) is 0 Å². The molecule has 1 aromatic rings. The zero-order valence-electron chi connectivity index (χ0n) is 8.47. The molecule has 0 amide bonds. The van der Waals surface area contributed by atoms with Crippen molar-refractivity contribution in [2.24, 2.45) is 0 Å². The second-order valence-electron chi connectivity index (χ2n) is 3.67. The van der Waals surface area contributed by atoms with Crippen LogP contribution in [0.25, 0.3) is 0 Å². The molecule has 0 unspecified atom stereocenters. The lowest BCUT2D eigenvalue weighted by molar-refractivity contribution is 0.488. The Balaban J connectivity index is 1.73. The first kappa shape index (κ1) is 9.49. The highest BCUT2D eigenvalue weighted by Crippen LogP contribution is 2.07. The van der Waals surface area contributed by atoms with E-state index in [0.717, 1.165) is 31.9 Å². The monoisotopic (exact) mass is 192 g/mol. The normalized spacial score (nSPS) is 15.4. The Bertz CT molecular complexity index is 308. The van der Waals surface area contributed by atoms with Crippen molar-refractivity contribution in [3.05, 3.63) is 35.3 Å². The van der Waals surface area contributed by atoms with Gasteiger partial charge in [0, 0.05) is 19.6 Å². The number of hydrogen-bond acceptors (Lipinski definition) is 3. The lowest BCUT2D eigenvalue weighted by atomic mass is 10.0. The van der Waals surface area contributed by atoms with Gasteiger partial charge in [0.05, 0.1) is 12.8 Å². The smallest absolute Gasteiger partial charge is 0.117 e. The Morgan fingerprint density at radius 1 is 1.57 bits per heavy atom. The maximum absolute atomic E-state index is 5.23. The van der Waals surface area contributed by atoms with Gasteiger partial charge in [0.25, 0.3) is 0 Å². The van der Waals surface area contributed by atoms with Gasteiger partial charge in [-0.15, -0.1) is 0 Å². The third-order valence-electron chi connectivity index (χ3n) is 2.55. The van der Waals surface area contributed by atoms with Gasteiger partial charge in [-0.3, -0.25) is 0 Å². The Hall–Kier alpha value is -1.06. The van der Waals surface area contributed by atoms with Gasteiger partial charge in [-0.25, -0.2) is 0 Å². The molecule has 0 bridgehead atoms. The van der Waals surface area contributed by atoms with Crippen LogP contribution >= 0.6 is 0 Å². The van der Waals surface area contributed by atoms with E-state index in [1.165, 1.54) is 11.1 Å². The largest absolute Gasteiger partial charge is 0.468 e. The van der Waals surface area contributed by atoms with Gasteiger partial charge in [0.2, 0.25) is 0 Å². The van der Waals surface area contributed by atoms with E-state index in [1.807, 2.05) is 12.1 Å². The second-order valence-corrected chi connectivity index (χ2v) is 3.67. The number of hydrogen-bond donors (Lipinski definition) is 2. The van der Waals surface area contributed by atoms with Crippen LogP contribution < -0.4 is 10.6 Å². The molecule has 0 saturated carbocycles. The van der Waals surface area contributed by atoms with Crippen molar-refractivity contribution in [1.82, 2.24) is 10.6 Å². The fraction of sp³-hybridized carbons (Fsp3) is 0.455. The van der Waals surface area contributed by atoms with Gasteiger partial charge < -0.3 is 15.1 Å². The standard InChI is InChI=1S/C11H16N2O/c1-9(10-6-13-7-10)5-12-8-11-3-2-4-14-11/h2-4,12-13H,5-8H2,1H3. The summed E-state index contributed by atoms with van der Waals surface area (Å²) in [5.74, 6) is 0.995. The van der Waals surface area contributed by atoms with Gasteiger partial charge in [-0.05, 0) is 24.6 Å². The van der Waals surface area contributed by atoms with E-state index in [1.54, 1.807) is 6.26 Å². The highest BCUT2D eigenvalue weighted by molar-refractivity contribution is 5.22. The third-order valence-corrected chi connectivity index (χ3v) is 2.55. The molecule has 2 N–H and O–H groups in total. The second kappa shape index (κ2) is 4.44. The average Bonchev–Trinajstić information content (AvgIpc) is 2.53. The molecule has 1 aromatic heterocycles. The molecule has 1 aliphatic rings. The van der Waals surface area contributed by atoms with Crippen LogP contribution in [0.1, 0.15) is 12.7 Å². The Labute approximate surface area is 84.2 Å². The molecule has 2 heterocycles. The predicted octanol–water partition coefficient (Wildman–Crippen LogP) is 1.29. The van der Waals surface area contributed by atoms with E-state index >= 15 is 0 Å². The van der Waals surface area contributed by atoms with Crippen molar-refractivity contribution < 1.29 is 4.42 Å². The molecule has 3 heteroatoms. The van der Waals surface area contributed by atoms with Crippen molar-refractivity contribution >= 4 is 0 Å². The molecule has 76 valence electrons. The summed E-state index contributed by atoms with van der Waals surface area (Å²) >= 11 is 0. The summed E-state index contributed by atoms with van der Waals surface area (Å²) in [5, 5.41) is 6.60. The zero-order valence-corrected chi connectivity index (χ0v) is 8.47. The fourth-order valence-electron chi connectivity index (χ4n) is 1.46. The Morgan fingerprint density at radius 3 is 3.00 bits per heavy atom. The first-order valence-electron chi connectivity index (χ1n) is 4.97. The predicted molar refractivity (Wildman–Crippen MR) is 56.0 cm³/mol. The van der Waals surface area contributed by atoms with Gasteiger partial charge in [-0.2, -0.15) is 0 Å². The summed E-state index contributed by atoms with van der Waals surface area (Å²) in [5.41, 5.74) is 2.99. The van der Waals surface area contributed by atoms with Crippen LogP contribution in [0.2, 0.25) is 0 Å². The number of rotatable bonds is 4. The lowest BCUT2D eigenvalue weighted by Crippen LogP contribution is -2.36. The Kier molecular flexibility index (Phi) is 3.01. The molecule has 0 radical (unpaired) electrons. The highest BCUT2D eigenvalue weighted by Gasteiger charge is 2.09. The van der Waals surface area contributed by atoms with Crippen LogP contribution in [0.4, 0.5) is 0 Å². The van der Waals surface area contributed by atoms with Crippen molar-refractivity contribution in [2.45, 2.75) is 13.5 Å². The third kappa shape index (κ3) is 2.25. The molecule has 0 aromatic carbocycles. The lowest BCUT2D eigenvalue weighted by Gasteiger charge is -2.22. The summed E-state index contributed by atoms with van der Waals surface area (Å²) in [6, 6.07) is 3.90. The van der Waals surface area contributed by atoms with Crippen molar-refractivity contribution in [3.8, 4) is 0 Å². The van der Waals surface area contributed by atoms with Gasteiger partial charge >= 0.3 is 0 Å². The van der Waals surface area contributed by atoms with Crippen LogP contribution in [-0.2, 0) is 6.54 Å². The minimum absolute atomic E-state index is 0.811. The topological polar surface area (TPSA) is 37.2 Å². The SMILES string of the molecule is CC(CNCc1ccco1)=C1CNC1.